The Kier molecular flexibility index (Phi) is 3.05. The van der Waals surface area contributed by atoms with E-state index in [1.54, 1.807) is 0 Å². The van der Waals surface area contributed by atoms with Crippen LogP contribution in [0.3, 0.4) is 0 Å². The lowest BCUT2D eigenvalue weighted by atomic mass is 9.98. The van der Waals surface area contributed by atoms with Gasteiger partial charge in [-0.3, -0.25) is 4.79 Å². The fourth-order valence-corrected chi connectivity index (χ4v) is 1.97. The van der Waals surface area contributed by atoms with E-state index in [4.69, 9.17) is 0 Å². The second-order valence-corrected chi connectivity index (χ2v) is 4.14. The second kappa shape index (κ2) is 4.47. The Bertz CT molecular complexity index is 371. The van der Waals surface area contributed by atoms with Crippen molar-refractivity contribution in [1.82, 2.24) is 0 Å². The van der Waals surface area contributed by atoms with Crippen molar-refractivity contribution in [2.45, 2.75) is 39.0 Å². The van der Waals surface area contributed by atoms with Crippen molar-refractivity contribution in [3.63, 3.8) is 0 Å². The van der Waals surface area contributed by atoms with Crippen LogP contribution in [0.2, 0.25) is 0 Å². The highest BCUT2D eigenvalue weighted by Crippen LogP contribution is 2.24. The maximum Gasteiger partial charge on any atom is 0.224 e. The van der Waals surface area contributed by atoms with Crippen LogP contribution >= 0.6 is 0 Å². The molecular formula is C13H17NO. The first kappa shape index (κ1) is 10.2. The Morgan fingerprint density at radius 2 is 2.20 bits per heavy atom. The first-order valence-corrected chi connectivity index (χ1v) is 5.71. The van der Waals surface area contributed by atoms with E-state index in [9.17, 15) is 4.79 Å². The van der Waals surface area contributed by atoms with Crippen molar-refractivity contribution in [2.75, 3.05) is 5.32 Å². The minimum atomic E-state index is 0.142. The van der Waals surface area contributed by atoms with Gasteiger partial charge in [-0.15, -0.1) is 0 Å². The van der Waals surface area contributed by atoms with Gasteiger partial charge in [-0.05, 0) is 36.5 Å². The Balaban J connectivity index is 2.15. The maximum atomic E-state index is 11.2. The number of amides is 1. The second-order valence-electron chi connectivity index (χ2n) is 4.14. The lowest BCUT2D eigenvalue weighted by Crippen LogP contribution is -2.18. The quantitative estimate of drug-likeness (QED) is 0.804. The average molecular weight is 203 g/mol. The zero-order valence-electron chi connectivity index (χ0n) is 9.18. The Hall–Kier alpha value is -1.31. The number of carbonyl (C=O) groups excluding carboxylic acids is 1. The third-order valence-corrected chi connectivity index (χ3v) is 2.88. The van der Waals surface area contributed by atoms with E-state index in [1.165, 1.54) is 24.0 Å². The zero-order chi connectivity index (χ0) is 10.7. The van der Waals surface area contributed by atoms with Crippen molar-refractivity contribution in [3.05, 3.63) is 29.3 Å². The van der Waals surface area contributed by atoms with Crippen LogP contribution in [-0.2, 0) is 17.6 Å². The molecule has 0 fully saturated rings. The monoisotopic (exact) mass is 203 g/mol. The van der Waals surface area contributed by atoms with Gasteiger partial charge in [0.1, 0.15) is 0 Å². The molecule has 0 aliphatic carbocycles. The van der Waals surface area contributed by atoms with E-state index in [0.717, 1.165) is 18.5 Å². The summed E-state index contributed by atoms with van der Waals surface area (Å²) in [4.78, 5) is 11.2. The van der Waals surface area contributed by atoms with Gasteiger partial charge in [0.2, 0.25) is 5.91 Å². The van der Waals surface area contributed by atoms with Crippen LogP contribution in [0.15, 0.2) is 18.2 Å². The average Bonchev–Trinajstić information content (AvgIpc) is 2.26. The number of benzene rings is 1. The highest BCUT2D eigenvalue weighted by Gasteiger charge is 2.14. The molecule has 1 aromatic carbocycles. The fourth-order valence-electron chi connectivity index (χ4n) is 1.97. The summed E-state index contributed by atoms with van der Waals surface area (Å²) in [6, 6.07) is 6.40. The van der Waals surface area contributed by atoms with Crippen LogP contribution in [-0.4, -0.2) is 5.91 Å². The lowest BCUT2D eigenvalue weighted by molar-refractivity contribution is -0.116. The first-order valence-electron chi connectivity index (χ1n) is 5.71. The van der Waals surface area contributed by atoms with E-state index in [0.29, 0.717) is 6.42 Å². The molecule has 1 aliphatic heterocycles. The number of anilines is 1. The molecule has 0 atom stereocenters. The van der Waals surface area contributed by atoms with Gasteiger partial charge in [-0.25, -0.2) is 0 Å². The zero-order valence-corrected chi connectivity index (χ0v) is 9.18. The normalized spacial score (nSPS) is 14.6. The van der Waals surface area contributed by atoms with E-state index in [2.05, 4.69) is 24.4 Å². The van der Waals surface area contributed by atoms with E-state index in [1.807, 2.05) is 6.07 Å². The van der Waals surface area contributed by atoms with Gasteiger partial charge in [0.25, 0.3) is 0 Å². The number of hydrogen-bond acceptors (Lipinski definition) is 1. The molecule has 0 spiro atoms. The summed E-state index contributed by atoms with van der Waals surface area (Å²) in [6.07, 6.45) is 5.14. The number of unbranched alkanes of at least 4 members (excludes halogenated alkanes) is 1. The minimum Gasteiger partial charge on any atom is -0.326 e. The Morgan fingerprint density at radius 3 is 3.00 bits per heavy atom. The van der Waals surface area contributed by atoms with Gasteiger partial charge in [0, 0.05) is 12.1 Å². The summed E-state index contributed by atoms with van der Waals surface area (Å²) in [7, 11) is 0. The number of aryl methyl sites for hydroxylation is 2. The van der Waals surface area contributed by atoms with Crippen LogP contribution in [0, 0.1) is 0 Å². The first-order chi connectivity index (χ1) is 7.29. The smallest absolute Gasteiger partial charge is 0.224 e. The number of fused-ring (bicyclic) bond motifs is 1. The van der Waals surface area contributed by atoms with Crippen molar-refractivity contribution in [2.24, 2.45) is 0 Å². The molecule has 0 radical (unpaired) electrons. The molecule has 1 heterocycles. The highest BCUT2D eigenvalue weighted by atomic mass is 16.1. The lowest BCUT2D eigenvalue weighted by Gasteiger charge is -2.17. The standard InChI is InChI=1S/C13H17NO/c1-2-3-4-10-5-7-12-11(9-10)6-8-13(15)14-12/h5,7,9H,2-4,6,8H2,1H3,(H,14,15). The van der Waals surface area contributed by atoms with Crippen LogP contribution in [0.4, 0.5) is 5.69 Å². The van der Waals surface area contributed by atoms with Crippen LogP contribution in [0.5, 0.6) is 0 Å². The third-order valence-electron chi connectivity index (χ3n) is 2.88. The minimum absolute atomic E-state index is 0.142. The number of carbonyl (C=O) groups is 1. The summed E-state index contributed by atoms with van der Waals surface area (Å²) >= 11 is 0. The molecule has 2 heteroatoms. The van der Waals surface area contributed by atoms with Crippen LogP contribution < -0.4 is 5.32 Å². The van der Waals surface area contributed by atoms with Gasteiger partial charge in [0.15, 0.2) is 0 Å². The summed E-state index contributed by atoms with van der Waals surface area (Å²) in [6.45, 7) is 2.21. The predicted molar refractivity (Wildman–Crippen MR) is 62.0 cm³/mol. The fraction of sp³-hybridized carbons (Fsp3) is 0.462. The SMILES string of the molecule is CCCCc1ccc2c(c1)CCC(=O)N2. The van der Waals surface area contributed by atoms with E-state index in [-0.39, 0.29) is 5.91 Å². The molecule has 2 rings (SSSR count). The molecule has 1 N–H and O–H groups in total. The van der Waals surface area contributed by atoms with Crippen LogP contribution in [0.25, 0.3) is 0 Å². The third kappa shape index (κ3) is 2.38. The molecule has 1 aliphatic rings. The summed E-state index contributed by atoms with van der Waals surface area (Å²) < 4.78 is 0. The number of hydrogen-bond donors (Lipinski definition) is 1. The van der Waals surface area contributed by atoms with E-state index < -0.39 is 0 Å². The molecule has 0 saturated carbocycles. The summed E-state index contributed by atoms with van der Waals surface area (Å²) in [5.74, 6) is 0.142. The highest BCUT2D eigenvalue weighted by molar-refractivity contribution is 5.93. The van der Waals surface area contributed by atoms with Gasteiger partial charge < -0.3 is 5.32 Å². The molecule has 0 aromatic heterocycles. The van der Waals surface area contributed by atoms with Gasteiger partial charge >= 0.3 is 0 Å². The molecule has 1 amide bonds. The molecule has 2 nitrogen and oxygen atoms in total. The molecule has 1 aromatic rings. The molecule has 0 bridgehead atoms. The molecular weight excluding hydrogens is 186 g/mol. The van der Waals surface area contributed by atoms with Crippen molar-refractivity contribution >= 4 is 11.6 Å². The predicted octanol–water partition coefficient (Wildman–Crippen LogP) is 2.91. The molecule has 0 unspecified atom stereocenters. The largest absolute Gasteiger partial charge is 0.326 e. The Labute approximate surface area is 90.7 Å². The topological polar surface area (TPSA) is 29.1 Å². The number of nitrogens with one attached hydrogen (secondary N) is 1. The maximum absolute atomic E-state index is 11.2. The van der Waals surface area contributed by atoms with Crippen molar-refractivity contribution in [3.8, 4) is 0 Å². The van der Waals surface area contributed by atoms with Gasteiger partial charge in [0.05, 0.1) is 0 Å². The summed E-state index contributed by atoms with van der Waals surface area (Å²) in [5.41, 5.74) is 3.70. The number of rotatable bonds is 3. The van der Waals surface area contributed by atoms with Crippen molar-refractivity contribution < 1.29 is 4.79 Å². The van der Waals surface area contributed by atoms with Gasteiger partial charge in [-0.1, -0.05) is 25.5 Å². The Morgan fingerprint density at radius 1 is 1.33 bits per heavy atom. The van der Waals surface area contributed by atoms with Crippen molar-refractivity contribution in [1.29, 1.82) is 0 Å². The van der Waals surface area contributed by atoms with Gasteiger partial charge in [-0.2, -0.15) is 0 Å². The van der Waals surface area contributed by atoms with Crippen LogP contribution in [0.1, 0.15) is 37.3 Å². The molecule has 80 valence electrons. The van der Waals surface area contributed by atoms with E-state index >= 15 is 0 Å². The summed E-state index contributed by atoms with van der Waals surface area (Å²) in [5, 5.41) is 2.90. The molecule has 15 heavy (non-hydrogen) atoms. The molecule has 0 saturated heterocycles.